The molecule has 1 fully saturated rings. The first-order valence-electron chi connectivity index (χ1n) is 8.76. The maximum atomic E-state index is 11.6. The average molecular weight is 375 g/mol. The van der Waals surface area contributed by atoms with Crippen molar-refractivity contribution in [1.29, 1.82) is 0 Å². The van der Waals surface area contributed by atoms with E-state index >= 15 is 0 Å². The van der Waals surface area contributed by atoms with Gasteiger partial charge in [-0.1, -0.05) is 18.2 Å². The Kier molecular flexibility index (Phi) is 5.84. The highest BCUT2D eigenvalue weighted by molar-refractivity contribution is 7.90. The number of sulfone groups is 1. The van der Waals surface area contributed by atoms with E-state index in [1.807, 2.05) is 36.4 Å². The second-order valence-electron chi connectivity index (χ2n) is 6.58. The van der Waals surface area contributed by atoms with Gasteiger partial charge in [-0.15, -0.1) is 0 Å². The van der Waals surface area contributed by atoms with E-state index < -0.39 is 9.84 Å². The molecule has 5 nitrogen and oxygen atoms in total. The molecular weight excluding hydrogens is 350 g/mol. The molecular formula is C20H25NO4S. The van der Waals surface area contributed by atoms with Gasteiger partial charge in [-0.3, -0.25) is 0 Å². The van der Waals surface area contributed by atoms with Gasteiger partial charge >= 0.3 is 0 Å². The zero-order chi connectivity index (χ0) is 18.6. The molecule has 0 amide bonds. The second-order valence-corrected chi connectivity index (χ2v) is 8.59. The molecule has 1 saturated heterocycles. The van der Waals surface area contributed by atoms with Crippen molar-refractivity contribution in [3.05, 3.63) is 54.1 Å². The minimum Gasteiger partial charge on any atom is -0.496 e. The van der Waals surface area contributed by atoms with Crippen LogP contribution in [0.4, 0.5) is 5.69 Å². The number of para-hydroxylation sites is 1. The molecule has 0 bridgehead atoms. The van der Waals surface area contributed by atoms with Gasteiger partial charge in [-0.25, -0.2) is 8.42 Å². The number of hydrogen-bond acceptors (Lipinski definition) is 5. The summed E-state index contributed by atoms with van der Waals surface area (Å²) in [7, 11) is -1.47. The predicted octanol–water partition coefficient (Wildman–Crippen LogP) is 3.28. The normalized spacial score (nSPS) is 15.8. The minimum absolute atomic E-state index is 0.228. The number of anilines is 1. The predicted molar refractivity (Wildman–Crippen MR) is 103 cm³/mol. The van der Waals surface area contributed by atoms with Crippen LogP contribution in [0, 0.1) is 0 Å². The van der Waals surface area contributed by atoms with E-state index in [9.17, 15) is 8.42 Å². The van der Waals surface area contributed by atoms with Crippen molar-refractivity contribution in [3.8, 4) is 5.75 Å². The van der Waals surface area contributed by atoms with Gasteiger partial charge in [0.2, 0.25) is 0 Å². The Hall–Kier alpha value is -2.05. The fraction of sp³-hybridized carbons (Fsp3) is 0.400. The zero-order valence-corrected chi connectivity index (χ0v) is 16.0. The van der Waals surface area contributed by atoms with Gasteiger partial charge in [-0.05, 0) is 43.2 Å². The topological polar surface area (TPSA) is 55.8 Å². The van der Waals surface area contributed by atoms with Gasteiger partial charge in [0.15, 0.2) is 9.84 Å². The van der Waals surface area contributed by atoms with E-state index in [0.29, 0.717) is 11.5 Å². The third-order valence-corrected chi connectivity index (χ3v) is 5.87. The third kappa shape index (κ3) is 4.56. The first-order chi connectivity index (χ1) is 12.5. The van der Waals surface area contributed by atoms with Crippen LogP contribution in [0.3, 0.4) is 0 Å². The molecule has 6 heteroatoms. The third-order valence-electron chi connectivity index (χ3n) is 4.74. The van der Waals surface area contributed by atoms with Crippen LogP contribution in [-0.2, 0) is 21.2 Å². The largest absolute Gasteiger partial charge is 0.496 e. The molecule has 0 spiro atoms. The Morgan fingerprint density at radius 1 is 1.04 bits per heavy atom. The summed E-state index contributed by atoms with van der Waals surface area (Å²) in [4.78, 5) is 2.63. The molecule has 26 heavy (non-hydrogen) atoms. The van der Waals surface area contributed by atoms with Crippen molar-refractivity contribution < 1.29 is 17.9 Å². The van der Waals surface area contributed by atoms with Crippen molar-refractivity contribution in [1.82, 2.24) is 0 Å². The molecule has 140 valence electrons. The standard InChI is InChI=1S/C20H25NO4S/c1-24-20-6-4-3-5-16(20)15-25-18-11-13-21(14-12-18)17-7-9-19(10-8-17)26(2,22)23/h3-10,18H,11-15H2,1-2H3. The lowest BCUT2D eigenvalue weighted by atomic mass is 10.1. The quantitative estimate of drug-likeness (QED) is 0.775. The van der Waals surface area contributed by atoms with Crippen molar-refractivity contribution in [2.75, 3.05) is 31.4 Å². The summed E-state index contributed by atoms with van der Waals surface area (Å²) in [5.74, 6) is 0.857. The van der Waals surface area contributed by atoms with Gasteiger partial charge in [0.1, 0.15) is 5.75 Å². The molecule has 2 aromatic carbocycles. The Morgan fingerprint density at radius 2 is 1.69 bits per heavy atom. The maximum Gasteiger partial charge on any atom is 0.175 e. The van der Waals surface area contributed by atoms with Crippen LogP contribution in [0.15, 0.2) is 53.4 Å². The van der Waals surface area contributed by atoms with Crippen LogP contribution in [0.2, 0.25) is 0 Å². The molecule has 3 rings (SSSR count). The molecule has 0 N–H and O–H groups in total. The Balaban J connectivity index is 1.53. The van der Waals surface area contributed by atoms with Crippen LogP contribution in [0.25, 0.3) is 0 Å². The van der Waals surface area contributed by atoms with Crippen molar-refractivity contribution in [2.24, 2.45) is 0 Å². The lowest BCUT2D eigenvalue weighted by Crippen LogP contribution is -2.37. The van der Waals surface area contributed by atoms with Crippen molar-refractivity contribution in [3.63, 3.8) is 0 Å². The molecule has 2 aromatic rings. The van der Waals surface area contributed by atoms with Gasteiger partial charge < -0.3 is 14.4 Å². The molecule has 1 aliphatic rings. The highest BCUT2D eigenvalue weighted by Gasteiger charge is 2.20. The first-order valence-corrected chi connectivity index (χ1v) is 10.6. The van der Waals surface area contributed by atoms with Crippen LogP contribution >= 0.6 is 0 Å². The maximum absolute atomic E-state index is 11.6. The van der Waals surface area contributed by atoms with E-state index in [2.05, 4.69) is 4.90 Å². The van der Waals surface area contributed by atoms with Crippen LogP contribution in [0.1, 0.15) is 18.4 Å². The van der Waals surface area contributed by atoms with Crippen molar-refractivity contribution in [2.45, 2.75) is 30.4 Å². The van der Waals surface area contributed by atoms with Gasteiger partial charge in [0, 0.05) is 30.6 Å². The summed E-state index contributed by atoms with van der Waals surface area (Å²) in [6, 6.07) is 15.0. The van der Waals surface area contributed by atoms with Gasteiger partial charge in [0.25, 0.3) is 0 Å². The number of piperidine rings is 1. The summed E-state index contributed by atoms with van der Waals surface area (Å²) < 4.78 is 34.6. The average Bonchev–Trinajstić information content (AvgIpc) is 2.66. The SMILES string of the molecule is COc1ccccc1COC1CCN(c2ccc(S(C)(=O)=O)cc2)CC1. The number of benzene rings is 2. The monoisotopic (exact) mass is 375 g/mol. The summed E-state index contributed by atoms with van der Waals surface area (Å²) >= 11 is 0. The molecule has 0 radical (unpaired) electrons. The van der Waals surface area contributed by atoms with Crippen LogP contribution < -0.4 is 9.64 Å². The summed E-state index contributed by atoms with van der Waals surface area (Å²) in [5, 5.41) is 0. The number of methoxy groups -OCH3 is 1. The summed E-state index contributed by atoms with van der Waals surface area (Å²) in [6.45, 7) is 2.35. The summed E-state index contributed by atoms with van der Waals surface area (Å²) in [5.41, 5.74) is 2.12. The number of hydrogen-bond donors (Lipinski definition) is 0. The summed E-state index contributed by atoms with van der Waals surface area (Å²) in [6.07, 6.45) is 3.35. The highest BCUT2D eigenvalue weighted by atomic mass is 32.2. The highest BCUT2D eigenvalue weighted by Crippen LogP contribution is 2.25. The van der Waals surface area contributed by atoms with Crippen LogP contribution in [-0.4, -0.2) is 41.0 Å². The first kappa shape index (κ1) is 18.7. The van der Waals surface area contributed by atoms with E-state index in [4.69, 9.17) is 9.47 Å². The second kappa shape index (κ2) is 8.10. The minimum atomic E-state index is -3.15. The van der Waals surface area contributed by atoms with E-state index in [-0.39, 0.29) is 6.10 Å². The number of rotatable bonds is 6. The van der Waals surface area contributed by atoms with Gasteiger partial charge in [0.05, 0.1) is 24.7 Å². The number of ether oxygens (including phenoxy) is 2. The zero-order valence-electron chi connectivity index (χ0n) is 15.2. The molecule has 0 aromatic heterocycles. The lowest BCUT2D eigenvalue weighted by Gasteiger charge is -2.33. The fourth-order valence-electron chi connectivity index (χ4n) is 3.21. The fourth-order valence-corrected chi connectivity index (χ4v) is 3.85. The van der Waals surface area contributed by atoms with Gasteiger partial charge in [-0.2, -0.15) is 0 Å². The van der Waals surface area contributed by atoms with E-state index in [0.717, 1.165) is 42.9 Å². The molecule has 0 aliphatic carbocycles. The van der Waals surface area contributed by atoms with Crippen molar-refractivity contribution >= 4 is 15.5 Å². The lowest BCUT2D eigenvalue weighted by molar-refractivity contribution is 0.0242. The molecule has 0 unspecified atom stereocenters. The van der Waals surface area contributed by atoms with Crippen LogP contribution in [0.5, 0.6) is 5.75 Å². The Morgan fingerprint density at radius 3 is 2.31 bits per heavy atom. The Bertz CT molecular complexity index is 825. The Labute approximate surface area is 155 Å². The smallest absolute Gasteiger partial charge is 0.175 e. The van der Waals surface area contributed by atoms with E-state index in [1.165, 1.54) is 6.26 Å². The molecule has 1 heterocycles. The molecule has 0 saturated carbocycles. The molecule has 0 atom stereocenters. The number of nitrogens with zero attached hydrogens (tertiary/aromatic N) is 1. The van der Waals surface area contributed by atoms with E-state index in [1.54, 1.807) is 19.2 Å². The molecule has 1 aliphatic heterocycles.